The van der Waals surface area contributed by atoms with Gasteiger partial charge < -0.3 is 4.59 Å². The van der Waals surface area contributed by atoms with Crippen molar-refractivity contribution in [3.8, 4) is 0 Å². The number of rotatable bonds is 8. The van der Waals surface area contributed by atoms with Gasteiger partial charge in [-0.05, 0) is 0 Å². The molecule has 0 aliphatic rings. The Bertz CT molecular complexity index is 293. The maximum atomic E-state index is 4.03. The quantitative estimate of drug-likeness (QED) is 0.543. The fraction of sp³-hybridized carbons (Fsp3) is 0.750. The van der Waals surface area contributed by atoms with Gasteiger partial charge in [0.25, 0.3) is 0 Å². The van der Waals surface area contributed by atoms with Crippen molar-refractivity contribution in [3.63, 3.8) is 0 Å². The molecule has 0 aliphatic carbocycles. The summed E-state index contributed by atoms with van der Waals surface area (Å²) in [7, 11) is 10.0. The monoisotopic (exact) mass is 208 g/mol. The van der Waals surface area contributed by atoms with E-state index < -0.39 is 0 Å². The summed E-state index contributed by atoms with van der Waals surface area (Å²) in [4.78, 5) is 0. The third kappa shape index (κ3) is 5.00. The van der Waals surface area contributed by atoms with E-state index in [-0.39, 0.29) is 0 Å². The highest BCUT2D eigenvalue weighted by Gasteiger charge is 2.06. The molecular formula is C8H15B5N3. The minimum atomic E-state index is 0.631. The largest absolute Gasteiger partial charge is 0.315 e. The summed E-state index contributed by atoms with van der Waals surface area (Å²) in [5.41, 5.74) is 0.887. The number of aromatic nitrogens is 3. The molecule has 0 spiro atoms. The summed E-state index contributed by atoms with van der Waals surface area (Å²) >= 11 is 0. The van der Waals surface area contributed by atoms with E-state index in [9.17, 15) is 0 Å². The van der Waals surface area contributed by atoms with Crippen molar-refractivity contribution < 1.29 is 0 Å². The van der Waals surface area contributed by atoms with E-state index in [1.54, 1.807) is 4.59 Å². The minimum absolute atomic E-state index is 0.631. The Labute approximate surface area is 102 Å². The van der Waals surface area contributed by atoms with Crippen molar-refractivity contribution in [1.29, 1.82) is 0 Å². The standard InChI is InChI=1S/C8H15B5N3/c1-4-5-7(2)10-12-11-8-6-16(13-9-3)15-14-8/h6-7H,4-5H2,1-3H3. The van der Waals surface area contributed by atoms with E-state index in [4.69, 9.17) is 0 Å². The second-order valence-electron chi connectivity index (χ2n) is 3.92. The maximum Gasteiger partial charge on any atom is 0.231 e. The molecule has 0 saturated carbocycles. The number of nitrogens with zero attached hydrogens (tertiary/aromatic N) is 3. The highest BCUT2D eigenvalue weighted by Crippen LogP contribution is 2.08. The summed E-state index contributed by atoms with van der Waals surface area (Å²) in [6, 6.07) is 0. The first-order chi connectivity index (χ1) is 7.76. The smallest absolute Gasteiger partial charge is 0.231 e. The summed E-state index contributed by atoms with van der Waals surface area (Å²) in [5.74, 6) is 0.631. The zero-order chi connectivity index (χ0) is 11.8. The average Bonchev–Trinajstić information content (AvgIpc) is 2.67. The van der Waals surface area contributed by atoms with Gasteiger partial charge in [-0.1, -0.05) is 44.5 Å². The first kappa shape index (κ1) is 13.5. The third-order valence-electron chi connectivity index (χ3n) is 2.28. The Kier molecular flexibility index (Phi) is 6.50. The van der Waals surface area contributed by atoms with Gasteiger partial charge in [-0.2, -0.15) is 0 Å². The summed E-state index contributed by atoms with van der Waals surface area (Å²) in [6.07, 6.45) is 4.35. The van der Waals surface area contributed by atoms with Gasteiger partial charge in [-0.15, -0.1) is 5.10 Å². The third-order valence-corrected chi connectivity index (χ3v) is 2.28. The van der Waals surface area contributed by atoms with E-state index in [1.807, 2.05) is 34.7 Å². The molecule has 0 aromatic carbocycles. The van der Waals surface area contributed by atoms with Crippen molar-refractivity contribution in [2.45, 2.75) is 39.3 Å². The van der Waals surface area contributed by atoms with Gasteiger partial charge in [0.1, 0.15) is 7.17 Å². The summed E-state index contributed by atoms with van der Waals surface area (Å²) in [5, 5.41) is 7.99. The molecule has 3 nitrogen and oxygen atoms in total. The van der Waals surface area contributed by atoms with Gasteiger partial charge >= 0.3 is 0 Å². The van der Waals surface area contributed by atoms with Crippen molar-refractivity contribution >= 4 is 41.5 Å². The molecule has 0 aliphatic heterocycles. The second kappa shape index (κ2) is 7.69. The van der Waals surface area contributed by atoms with E-state index in [1.165, 1.54) is 12.8 Å². The zero-order valence-corrected chi connectivity index (χ0v) is 10.3. The van der Waals surface area contributed by atoms with Gasteiger partial charge in [0.15, 0.2) is 0 Å². The van der Waals surface area contributed by atoms with Crippen LogP contribution in [0.4, 0.5) is 0 Å². The molecule has 0 N–H and O–H groups in total. The van der Waals surface area contributed by atoms with E-state index in [0.717, 1.165) is 5.59 Å². The lowest BCUT2D eigenvalue weighted by Gasteiger charge is -2.06. The Balaban J connectivity index is 2.21. The zero-order valence-electron chi connectivity index (χ0n) is 10.3. The minimum Gasteiger partial charge on any atom is -0.315 e. The molecule has 0 bridgehead atoms. The second-order valence-corrected chi connectivity index (χ2v) is 3.92. The van der Waals surface area contributed by atoms with Gasteiger partial charge in [-0.3, -0.25) is 0 Å². The van der Waals surface area contributed by atoms with Crippen LogP contribution in [0.3, 0.4) is 0 Å². The number of hydrogen-bond donors (Lipinski definition) is 0. The van der Waals surface area contributed by atoms with E-state index >= 15 is 0 Å². The van der Waals surface area contributed by atoms with Gasteiger partial charge in [0, 0.05) is 18.9 Å². The van der Waals surface area contributed by atoms with Crippen LogP contribution in [0.2, 0.25) is 12.6 Å². The van der Waals surface area contributed by atoms with Gasteiger partial charge in [0.2, 0.25) is 7.31 Å². The van der Waals surface area contributed by atoms with Crippen LogP contribution in [0.1, 0.15) is 26.7 Å². The van der Waals surface area contributed by atoms with Crippen LogP contribution in [0.25, 0.3) is 0 Å². The molecule has 1 heterocycles. The molecule has 1 aromatic rings. The van der Waals surface area contributed by atoms with Crippen molar-refractivity contribution in [2.75, 3.05) is 0 Å². The average molecular weight is 207 g/mol. The Morgan fingerprint density at radius 2 is 2.31 bits per heavy atom. The van der Waals surface area contributed by atoms with Crippen LogP contribution in [0.5, 0.6) is 0 Å². The maximum absolute atomic E-state index is 4.03. The van der Waals surface area contributed by atoms with Gasteiger partial charge in [0.05, 0.1) is 14.3 Å². The first-order valence-electron chi connectivity index (χ1n) is 5.82. The van der Waals surface area contributed by atoms with Crippen LogP contribution in [-0.2, 0) is 0 Å². The Morgan fingerprint density at radius 1 is 1.50 bits per heavy atom. The topological polar surface area (TPSA) is 30.7 Å². The molecule has 0 fully saturated rings. The molecule has 1 unspecified atom stereocenters. The molecule has 5 radical (unpaired) electrons. The molecule has 8 heteroatoms. The van der Waals surface area contributed by atoms with Crippen LogP contribution in [-0.4, -0.2) is 50.8 Å². The molecule has 1 aromatic heterocycles. The van der Waals surface area contributed by atoms with Crippen LogP contribution in [0, 0.1) is 0 Å². The molecule has 77 valence electrons. The fourth-order valence-electron chi connectivity index (χ4n) is 1.49. The Hall–Kier alpha value is -0.535. The predicted molar refractivity (Wildman–Crippen MR) is 74.0 cm³/mol. The predicted octanol–water partition coefficient (Wildman–Crippen LogP) is -0.411. The lowest BCUT2D eigenvalue weighted by Crippen LogP contribution is -2.27. The lowest BCUT2D eigenvalue weighted by molar-refractivity contribution is 0.767. The van der Waals surface area contributed by atoms with Gasteiger partial charge in [-0.25, -0.2) is 0 Å². The van der Waals surface area contributed by atoms with Crippen LogP contribution in [0.15, 0.2) is 6.20 Å². The normalized spacial score (nSPS) is 11.7. The van der Waals surface area contributed by atoms with Crippen LogP contribution >= 0.6 is 0 Å². The highest BCUT2D eigenvalue weighted by molar-refractivity contribution is 7.32. The highest BCUT2D eigenvalue weighted by atomic mass is 15.4. The number of hydrogen-bond acceptors (Lipinski definition) is 2. The molecule has 16 heavy (non-hydrogen) atoms. The molecule has 1 rings (SSSR count). The lowest BCUT2D eigenvalue weighted by atomic mass is 9.16. The first-order valence-corrected chi connectivity index (χ1v) is 5.82. The summed E-state index contributed by atoms with van der Waals surface area (Å²) in [6.45, 7) is 6.39. The fourth-order valence-corrected chi connectivity index (χ4v) is 1.49. The molecule has 0 amide bonds. The van der Waals surface area contributed by atoms with Crippen LogP contribution < -0.4 is 5.59 Å². The molecular weight excluding hydrogens is 192 g/mol. The van der Waals surface area contributed by atoms with E-state index in [0.29, 0.717) is 5.82 Å². The summed E-state index contributed by atoms with van der Waals surface area (Å²) < 4.78 is 1.70. The molecule has 0 saturated heterocycles. The van der Waals surface area contributed by atoms with Crippen molar-refractivity contribution in [2.24, 2.45) is 0 Å². The van der Waals surface area contributed by atoms with Crippen molar-refractivity contribution in [1.82, 2.24) is 14.9 Å². The SMILES string of the molecule is C[B][B]n1cc([B][B][B]C(C)CCC)nn1. The Morgan fingerprint density at radius 3 is 3.00 bits per heavy atom. The molecule has 1 atom stereocenters. The van der Waals surface area contributed by atoms with E-state index in [2.05, 4.69) is 38.4 Å². The van der Waals surface area contributed by atoms with Crippen molar-refractivity contribution in [3.05, 3.63) is 6.20 Å².